The average molecular weight is 280 g/mol. The van der Waals surface area contributed by atoms with Gasteiger partial charge in [0, 0.05) is 11.3 Å². The van der Waals surface area contributed by atoms with Crippen molar-refractivity contribution in [3.8, 4) is 6.07 Å². The van der Waals surface area contributed by atoms with Crippen LogP contribution in [0.5, 0.6) is 0 Å². The highest BCUT2D eigenvalue weighted by atomic mass is 16.1. The summed E-state index contributed by atoms with van der Waals surface area (Å²) >= 11 is 0. The molecular weight excluding hydrogens is 262 g/mol. The third kappa shape index (κ3) is 4.44. The van der Waals surface area contributed by atoms with E-state index in [-0.39, 0.29) is 11.9 Å². The third-order valence-corrected chi connectivity index (χ3v) is 3.26. The molecule has 0 heterocycles. The number of benzene rings is 2. The van der Waals surface area contributed by atoms with Crippen molar-refractivity contribution >= 4 is 11.6 Å². The standard InChI is InChI=1S/C17H17N3O/c1-13(15-7-3-2-4-8-15)19-12-17(21)20-16-9-5-6-14(10-16)11-18/h2-10,13,19H,12H2,1H3,(H,20,21)/p+1/t13-/m1/s1. The van der Waals surface area contributed by atoms with Gasteiger partial charge in [0.2, 0.25) is 0 Å². The van der Waals surface area contributed by atoms with E-state index in [1.54, 1.807) is 24.3 Å². The molecule has 0 fully saturated rings. The van der Waals surface area contributed by atoms with Crippen LogP contribution in [0.4, 0.5) is 5.69 Å². The van der Waals surface area contributed by atoms with Crippen molar-refractivity contribution in [2.75, 3.05) is 11.9 Å². The first-order valence-electron chi connectivity index (χ1n) is 6.87. The summed E-state index contributed by atoms with van der Waals surface area (Å²) in [5.41, 5.74) is 2.38. The Morgan fingerprint density at radius 1 is 1.24 bits per heavy atom. The molecule has 1 atom stereocenters. The van der Waals surface area contributed by atoms with E-state index >= 15 is 0 Å². The van der Waals surface area contributed by atoms with Gasteiger partial charge in [0.05, 0.1) is 11.6 Å². The molecule has 2 rings (SSSR count). The highest BCUT2D eigenvalue weighted by Gasteiger charge is 2.11. The van der Waals surface area contributed by atoms with Gasteiger partial charge in [-0.25, -0.2) is 0 Å². The molecule has 3 N–H and O–H groups in total. The van der Waals surface area contributed by atoms with Gasteiger partial charge in [0.15, 0.2) is 6.54 Å². The highest BCUT2D eigenvalue weighted by Crippen LogP contribution is 2.09. The van der Waals surface area contributed by atoms with E-state index in [1.165, 1.54) is 5.56 Å². The molecule has 21 heavy (non-hydrogen) atoms. The Hall–Kier alpha value is -2.64. The number of quaternary nitrogens is 1. The quantitative estimate of drug-likeness (QED) is 0.877. The van der Waals surface area contributed by atoms with Crippen LogP contribution in [0.1, 0.15) is 24.1 Å². The van der Waals surface area contributed by atoms with Gasteiger partial charge in [0.1, 0.15) is 6.04 Å². The van der Waals surface area contributed by atoms with Crippen LogP contribution in [0.25, 0.3) is 0 Å². The number of amides is 1. The molecule has 4 nitrogen and oxygen atoms in total. The summed E-state index contributed by atoms with van der Waals surface area (Å²) in [6.07, 6.45) is 0. The number of hydrogen-bond acceptors (Lipinski definition) is 2. The number of hydrogen-bond donors (Lipinski definition) is 2. The van der Waals surface area contributed by atoms with Crippen LogP contribution in [0, 0.1) is 11.3 Å². The minimum atomic E-state index is -0.0760. The third-order valence-electron chi connectivity index (χ3n) is 3.26. The van der Waals surface area contributed by atoms with E-state index < -0.39 is 0 Å². The predicted molar refractivity (Wildman–Crippen MR) is 81.4 cm³/mol. The first kappa shape index (κ1) is 14.8. The lowest BCUT2D eigenvalue weighted by molar-refractivity contribution is -0.682. The minimum absolute atomic E-state index is 0.0760. The fraction of sp³-hybridized carbons (Fsp3) is 0.176. The summed E-state index contributed by atoms with van der Waals surface area (Å²) in [6.45, 7) is 2.41. The van der Waals surface area contributed by atoms with Gasteiger partial charge in [-0.05, 0) is 25.1 Å². The number of carbonyl (C=O) groups excluding carboxylic acids is 1. The maximum Gasteiger partial charge on any atom is 0.279 e. The first-order chi connectivity index (χ1) is 10.2. The Morgan fingerprint density at radius 3 is 2.71 bits per heavy atom. The molecule has 0 aliphatic rings. The molecule has 0 radical (unpaired) electrons. The van der Waals surface area contributed by atoms with Crippen LogP contribution in [-0.2, 0) is 4.79 Å². The Bertz CT molecular complexity index is 647. The van der Waals surface area contributed by atoms with Gasteiger partial charge >= 0.3 is 0 Å². The maximum absolute atomic E-state index is 11.9. The average Bonchev–Trinajstić information content (AvgIpc) is 2.53. The van der Waals surface area contributed by atoms with Crippen LogP contribution in [0.3, 0.4) is 0 Å². The SMILES string of the molecule is C[C@@H]([NH2+]CC(=O)Nc1cccc(C#N)c1)c1ccccc1. The number of nitrogens with one attached hydrogen (secondary N) is 1. The highest BCUT2D eigenvalue weighted by molar-refractivity contribution is 5.91. The summed E-state index contributed by atoms with van der Waals surface area (Å²) in [6, 6.07) is 19.2. The van der Waals surface area contributed by atoms with Crippen molar-refractivity contribution in [1.29, 1.82) is 5.26 Å². The van der Waals surface area contributed by atoms with Crippen LogP contribution < -0.4 is 10.6 Å². The Balaban J connectivity index is 1.86. The predicted octanol–water partition coefficient (Wildman–Crippen LogP) is 1.82. The largest absolute Gasteiger partial charge is 0.333 e. The van der Waals surface area contributed by atoms with Gasteiger partial charge in [-0.2, -0.15) is 5.26 Å². The molecule has 0 saturated heterocycles. The van der Waals surface area contributed by atoms with Gasteiger partial charge in [-0.15, -0.1) is 0 Å². The summed E-state index contributed by atoms with van der Waals surface area (Å²) in [5.74, 6) is -0.0760. The molecule has 0 aliphatic carbocycles. The zero-order chi connectivity index (χ0) is 15.1. The number of carbonyl (C=O) groups is 1. The molecule has 2 aromatic rings. The van der Waals surface area contributed by atoms with Gasteiger partial charge < -0.3 is 10.6 Å². The fourth-order valence-corrected chi connectivity index (χ4v) is 2.06. The number of anilines is 1. The van der Waals surface area contributed by atoms with Crippen molar-refractivity contribution in [3.05, 3.63) is 65.7 Å². The van der Waals surface area contributed by atoms with E-state index in [1.807, 2.05) is 23.5 Å². The molecule has 0 unspecified atom stereocenters. The lowest BCUT2D eigenvalue weighted by Gasteiger charge is -2.11. The van der Waals surface area contributed by atoms with Gasteiger partial charge in [0.25, 0.3) is 5.91 Å². The van der Waals surface area contributed by atoms with E-state index in [9.17, 15) is 4.79 Å². The molecule has 2 aromatic carbocycles. The second-order valence-corrected chi connectivity index (χ2v) is 4.88. The monoisotopic (exact) mass is 280 g/mol. The topological polar surface area (TPSA) is 69.5 Å². The molecule has 0 aromatic heterocycles. The van der Waals surface area contributed by atoms with Crippen LogP contribution in [-0.4, -0.2) is 12.5 Å². The molecule has 0 bridgehead atoms. The molecule has 0 aliphatic heterocycles. The van der Waals surface area contributed by atoms with Crippen molar-refractivity contribution < 1.29 is 10.1 Å². The van der Waals surface area contributed by atoms with Crippen molar-refractivity contribution in [3.63, 3.8) is 0 Å². The lowest BCUT2D eigenvalue weighted by Crippen LogP contribution is -2.86. The van der Waals surface area contributed by atoms with Crippen molar-refractivity contribution in [2.24, 2.45) is 0 Å². The Labute approximate surface area is 124 Å². The number of nitrogens with zero attached hydrogens (tertiary/aromatic N) is 1. The molecule has 0 saturated carbocycles. The maximum atomic E-state index is 11.9. The van der Waals surface area contributed by atoms with E-state index in [0.717, 1.165) is 0 Å². The Morgan fingerprint density at radius 2 is 2.00 bits per heavy atom. The van der Waals surface area contributed by atoms with E-state index in [0.29, 0.717) is 17.8 Å². The van der Waals surface area contributed by atoms with Crippen molar-refractivity contribution in [2.45, 2.75) is 13.0 Å². The fourth-order valence-electron chi connectivity index (χ4n) is 2.06. The Kier molecular flexibility index (Phi) is 5.08. The second kappa shape index (κ2) is 7.22. The molecule has 1 amide bonds. The van der Waals surface area contributed by atoms with Gasteiger partial charge in [-0.3, -0.25) is 4.79 Å². The molecule has 4 heteroatoms. The summed E-state index contributed by atoms with van der Waals surface area (Å²) < 4.78 is 0. The van der Waals surface area contributed by atoms with Crippen molar-refractivity contribution in [1.82, 2.24) is 0 Å². The molecular formula is C17H18N3O+. The van der Waals surface area contributed by atoms with E-state index in [4.69, 9.17) is 5.26 Å². The summed E-state index contributed by atoms with van der Waals surface area (Å²) in [5, 5.41) is 13.6. The smallest absolute Gasteiger partial charge is 0.279 e. The summed E-state index contributed by atoms with van der Waals surface area (Å²) in [4.78, 5) is 11.9. The first-order valence-corrected chi connectivity index (χ1v) is 6.87. The number of nitriles is 1. The lowest BCUT2D eigenvalue weighted by atomic mass is 10.1. The normalized spacial score (nSPS) is 11.4. The second-order valence-electron chi connectivity index (χ2n) is 4.88. The molecule has 106 valence electrons. The van der Waals surface area contributed by atoms with E-state index in [2.05, 4.69) is 30.4 Å². The van der Waals surface area contributed by atoms with Crippen LogP contribution in [0.15, 0.2) is 54.6 Å². The minimum Gasteiger partial charge on any atom is -0.333 e. The zero-order valence-corrected chi connectivity index (χ0v) is 11.9. The van der Waals surface area contributed by atoms with Crippen LogP contribution in [0.2, 0.25) is 0 Å². The number of nitrogens with two attached hydrogens (primary N) is 1. The zero-order valence-electron chi connectivity index (χ0n) is 11.9. The molecule has 0 spiro atoms. The summed E-state index contributed by atoms with van der Waals surface area (Å²) in [7, 11) is 0. The van der Waals surface area contributed by atoms with Crippen LogP contribution >= 0.6 is 0 Å². The number of rotatable bonds is 5. The van der Waals surface area contributed by atoms with Gasteiger partial charge in [-0.1, -0.05) is 36.4 Å².